The quantitative estimate of drug-likeness (QED) is 0.620. The summed E-state index contributed by atoms with van der Waals surface area (Å²) in [5.74, 6) is 0.779. The molecule has 3 aliphatic rings. The molecule has 2 atom stereocenters. The fourth-order valence-corrected chi connectivity index (χ4v) is 5.89. The lowest BCUT2D eigenvalue weighted by Crippen LogP contribution is -2.42. The summed E-state index contributed by atoms with van der Waals surface area (Å²) in [4.78, 5) is 15.8. The summed E-state index contributed by atoms with van der Waals surface area (Å²) in [5.41, 5.74) is 3.58. The van der Waals surface area contributed by atoms with Crippen molar-refractivity contribution in [3.63, 3.8) is 0 Å². The third-order valence-electron chi connectivity index (χ3n) is 7.83. The lowest BCUT2D eigenvalue weighted by Gasteiger charge is -2.26. The van der Waals surface area contributed by atoms with Crippen molar-refractivity contribution >= 4 is 16.5 Å². The summed E-state index contributed by atoms with van der Waals surface area (Å²) in [7, 11) is 0. The number of ether oxygens (including phenoxy) is 2. The van der Waals surface area contributed by atoms with Crippen molar-refractivity contribution < 1.29 is 9.47 Å². The number of nitrogens with zero attached hydrogens (tertiary/aromatic N) is 2. The van der Waals surface area contributed by atoms with Gasteiger partial charge in [-0.3, -0.25) is 9.36 Å². The molecule has 178 valence electrons. The minimum atomic E-state index is -0.00527. The van der Waals surface area contributed by atoms with Crippen LogP contribution in [0.25, 0.3) is 16.5 Å². The Bertz CT molecular complexity index is 1260. The number of anilines is 1. The lowest BCUT2D eigenvalue weighted by atomic mass is 9.97. The SMILES string of the molecule is Cc1cc(N2CCC3(CCCN3)C2)ccc1-n1ccc2cc(OC[C@@H]3CCCO3)ccc2c1=O. The topological polar surface area (TPSA) is 55.7 Å². The molecule has 6 rings (SSSR count). The highest BCUT2D eigenvalue weighted by atomic mass is 16.5. The minimum Gasteiger partial charge on any atom is -0.491 e. The first kappa shape index (κ1) is 21.7. The highest BCUT2D eigenvalue weighted by Crippen LogP contribution is 2.34. The summed E-state index contributed by atoms with van der Waals surface area (Å²) in [6.07, 6.45) is 7.96. The lowest BCUT2D eigenvalue weighted by molar-refractivity contribution is 0.0680. The smallest absolute Gasteiger partial charge is 0.262 e. The molecule has 6 heteroatoms. The van der Waals surface area contributed by atoms with Gasteiger partial charge in [0.25, 0.3) is 5.56 Å². The van der Waals surface area contributed by atoms with Crippen LogP contribution in [0.2, 0.25) is 0 Å². The van der Waals surface area contributed by atoms with Crippen molar-refractivity contribution in [3.8, 4) is 11.4 Å². The van der Waals surface area contributed by atoms with E-state index < -0.39 is 0 Å². The molecule has 0 bridgehead atoms. The average molecular weight is 460 g/mol. The van der Waals surface area contributed by atoms with Crippen LogP contribution in [0.5, 0.6) is 5.75 Å². The molecule has 0 radical (unpaired) electrons. The van der Waals surface area contributed by atoms with Gasteiger partial charge in [0.05, 0.1) is 11.8 Å². The monoisotopic (exact) mass is 459 g/mol. The molecule has 3 saturated heterocycles. The number of rotatable bonds is 5. The summed E-state index contributed by atoms with van der Waals surface area (Å²) >= 11 is 0. The number of hydrogen-bond donors (Lipinski definition) is 1. The Morgan fingerprint density at radius 2 is 2.09 bits per heavy atom. The molecule has 34 heavy (non-hydrogen) atoms. The maximum Gasteiger partial charge on any atom is 0.262 e. The molecule has 6 nitrogen and oxygen atoms in total. The number of pyridine rings is 1. The van der Waals surface area contributed by atoms with Gasteiger partial charge in [0.1, 0.15) is 12.4 Å². The number of hydrogen-bond acceptors (Lipinski definition) is 5. The fourth-order valence-electron chi connectivity index (χ4n) is 5.89. The Labute approximate surface area is 200 Å². The Morgan fingerprint density at radius 1 is 1.15 bits per heavy atom. The third kappa shape index (κ3) is 3.99. The average Bonchev–Trinajstić information content (AvgIpc) is 3.62. The van der Waals surface area contributed by atoms with Gasteiger partial charge in [0.15, 0.2) is 0 Å². The van der Waals surface area contributed by atoms with Crippen LogP contribution in [0.4, 0.5) is 5.69 Å². The summed E-state index contributed by atoms with van der Waals surface area (Å²) in [6, 6.07) is 14.2. The number of benzene rings is 2. The second-order valence-corrected chi connectivity index (χ2v) is 10.1. The largest absolute Gasteiger partial charge is 0.491 e. The number of aromatic nitrogens is 1. The zero-order valence-electron chi connectivity index (χ0n) is 19.9. The first-order valence-corrected chi connectivity index (χ1v) is 12.6. The maximum atomic E-state index is 13.4. The molecule has 1 unspecified atom stereocenters. The molecule has 3 fully saturated rings. The Kier molecular flexibility index (Phi) is 5.58. The van der Waals surface area contributed by atoms with Crippen LogP contribution >= 0.6 is 0 Å². The van der Waals surface area contributed by atoms with Crippen molar-refractivity contribution in [1.29, 1.82) is 0 Å². The van der Waals surface area contributed by atoms with Crippen LogP contribution in [-0.2, 0) is 4.74 Å². The van der Waals surface area contributed by atoms with Gasteiger partial charge < -0.3 is 19.7 Å². The first-order chi connectivity index (χ1) is 16.6. The van der Waals surface area contributed by atoms with E-state index in [0.29, 0.717) is 17.5 Å². The summed E-state index contributed by atoms with van der Waals surface area (Å²) in [5, 5.41) is 5.33. The van der Waals surface area contributed by atoms with E-state index in [9.17, 15) is 4.79 Å². The van der Waals surface area contributed by atoms with E-state index in [-0.39, 0.29) is 11.7 Å². The zero-order valence-corrected chi connectivity index (χ0v) is 19.9. The normalized spacial score (nSPS) is 24.5. The maximum absolute atomic E-state index is 13.4. The van der Waals surface area contributed by atoms with E-state index in [2.05, 4.69) is 35.3 Å². The zero-order chi connectivity index (χ0) is 23.1. The summed E-state index contributed by atoms with van der Waals surface area (Å²) < 4.78 is 13.3. The van der Waals surface area contributed by atoms with Gasteiger partial charge in [-0.15, -0.1) is 0 Å². The second-order valence-electron chi connectivity index (χ2n) is 10.1. The van der Waals surface area contributed by atoms with E-state index in [0.717, 1.165) is 61.5 Å². The molecule has 0 saturated carbocycles. The van der Waals surface area contributed by atoms with Crippen molar-refractivity contribution in [2.45, 2.75) is 50.7 Å². The van der Waals surface area contributed by atoms with E-state index in [1.165, 1.54) is 24.9 Å². The fraction of sp³-hybridized carbons (Fsp3) is 0.464. The van der Waals surface area contributed by atoms with Crippen molar-refractivity contribution in [2.24, 2.45) is 0 Å². The van der Waals surface area contributed by atoms with E-state index in [4.69, 9.17) is 9.47 Å². The number of aryl methyl sites for hydroxylation is 1. The van der Waals surface area contributed by atoms with Gasteiger partial charge in [-0.25, -0.2) is 0 Å². The van der Waals surface area contributed by atoms with Crippen LogP contribution < -0.4 is 20.5 Å². The van der Waals surface area contributed by atoms with Gasteiger partial charge >= 0.3 is 0 Å². The highest BCUT2D eigenvalue weighted by molar-refractivity contribution is 5.83. The molecule has 1 aromatic heterocycles. The van der Waals surface area contributed by atoms with Gasteiger partial charge in [0, 0.05) is 42.5 Å². The Morgan fingerprint density at radius 3 is 2.88 bits per heavy atom. The molecular weight excluding hydrogens is 426 g/mol. The van der Waals surface area contributed by atoms with Crippen LogP contribution in [0.15, 0.2) is 53.5 Å². The molecule has 4 heterocycles. The summed E-state index contributed by atoms with van der Waals surface area (Å²) in [6.45, 7) is 6.76. The Balaban J connectivity index is 1.23. The van der Waals surface area contributed by atoms with Gasteiger partial charge in [-0.2, -0.15) is 0 Å². The van der Waals surface area contributed by atoms with E-state index >= 15 is 0 Å². The van der Waals surface area contributed by atoms with Crippen molar-refractivity contribution in [2.75, 3.05) is 37.7 Å². The van der Waals surface area contributed by atoms with Crippen LogP contribution in [0.3, 0.4) is 0 Å². The van der Waals surface area contributed by atoms with Crippen molar-refractivity contribution in [1.82, 2.24) is 9.88 Å². The Hall–Kier alpha value is -2.83. The molecule has 0 amide bonds. The minimum absolute atomic E-state index is 0.00527. The van der Waals surface area contributed by atoms with Gasteiger partial charge in [-0.1, -0.05) is 0 Å². The van der Waals surface area contributed by atoms with E-state index in [1.807, 2.05) is 30.5 Å². The predicted molar refractivity (Wildman–Crippen MR) is 136 cm³/mol. The van der Waals surface area contributed by atoms with Crippen LogP contribution in [0, 0.1) is 6.92 Å². The molecule has 0 aliphatic carbocycles. The van der Waals surface area contributed by atoms with Crippen LogP contribution in [0.1, 0.15) is 37.7 Å². The van der Waals surface area contributed by atoms with E-state index in [1.54, 1.807) is 4.57 Å². The standard InChI is InChI=1S/C28H33N3O3/c1-20-16-22(30-14-11-28(19-30)10-3-12-29-28)5-8-26(20)31-13-9-21-17-23(6-7-25(21)27(31)32)34-18-24-4-2-15-33-24/h5-9,13,16-17,24,29H,2-4,10-12,14-15,18-19H2,1H3/t24-,28?/m0/s1. The predicted octanol–water partition coefficient (Wildman–Crippen LogP) is 4.19. The first-order valence-electron chi connectivity index (χ1n) is 12.6. The molecule has 2 aromatic carbocycles. The highest BCUT2D eigenvalue weighted by Gasteiger charge is 2.40. The van der Waals surface area contributed by atoms with Gasteiger partial charge in [0.2, 0.25) is 0 Å². The molecule has 1 spiro atoms. The van der Waals surface area contributed by atoms with Crippen LogP contribution in [-0.4, -0.2) is 49.1 Å². The second kappa shape index (κ2) is 8.75. The molecule has 3 aromatic rings. The molecule has 3 aliphatic heterocycles. The third-order valence-corrected chi connectivity index (χ3v) is 7.83. The number of fused-ring (bicyclic) bond motifs is 1. The van der Waals surface area contributed by atoms with Gasteiger partial charge in [-0.05, 0) is 99.0 Å². The molecule has 1 N–H and O–H groups in total. The molecular formula is C28H33N3O3. The van der Waals surface area contributed by atoms with Crippen molar-refractivity contribution in [3.05, 3.63) is 64.6 Å². The number of nitrogens with one attached hydrogen (secondary N) is 1.